The molecule has 1 amide bonds. The van der Waals surface area contributed by atoms with Crippen molar-refractivity contribution in [3.8, 4) is 0 Å². The van der Waals surface area contributed by atoms with Crippen molar-refractivity contribution >= 4 is 5.91 Å². The highest BCUT2D eigenvalue weighted by Gasteiger charge is 2.31. The number of carbonyl (C=O) groups excluding carboxylic acids is 1. The Labute approximate surface area is 128 Å². The molecule has 0 fully saturated rings. The summed E-state index contributed by atoms with van der Waals surface area (Å²) in [6.45, 7) is 11.9. The van der Waals surface area contributed by atoms with Gasteiger partial charge in [0.2, 0.25) is 0 Å². The van der Waals surface area contributed by atoms with E-state index >= 15 is 0 Å². The second kappa shape index (κ2) is 6.59. The fourth-order valence-corrected chi connectivity index (χ4v) is 2.21. The third kappa shape index (κ3) is 4.55. The molecule has 0 bridgehead atoms. The number of halogens is 1. The van der Waals surface area contributed by atoms with Gasteiger partial charge >= 0.3 is 0 Å². The Morgan fingerprint density at radius 1 is 1.10 bits per heavy atom. The van der Waals surface area contributed by atoms with Crippen molar-refractivity contribution in [2.45, 2.75) is 71.8 Å². The van der Waals surface area contributed by atoms with Crippen LogP contribution in [0.15, 0.2) is 24.3 Å². The van der Waals surface area contributed by atoms with E-state index in [1.54, 1.807) is 26.0 Å². The Balaban J connectivity index is 2.88. The van der Waals surface area contributed by atoms with Gasteiger partial charge in [-0.1, -0.05) is 57.2 Å². The number of carbonyl (C=O) groups is 1. The molecule has 21 heavy (non-hydrogen) atoms. The number of hydrogen-bond acceptors (Lipinski definition) is 1. The largest absolute Gasteiger partial charge is 0.282 e. The first-order chi connectivity index (χ1) is 9.59. The van der Waals surface area contributed by atoms with Gasteiger partial charge in [-0.15, -0.1) is 0 Å². The smallest absolute Gasteiger partial charge is 0.266 e. The molecule has 0 aliphatic rings. The van der Waals surface area contributed by atoms with Crippen LogP contribution in [-0.4, -0.2) is 16.6 Å². The predicted molar refractivity (Wildman–Crippen MR) is 86.0 cm³/mol. The highest BCUT2D eigenvalue weighted by molar-refractivity contribution is 5.94. The lowest BCUT2D eigenvalue weighted by atomic mass is 9.86. The lowest BCUT2D eigenvalue weighted by Gasteiger charge is -2.31. The van der Waals surface area contributed by atoms with E-state index in [0.29, 0.717) is 17.1 Å². The van der Waals surface area contributed by atoms with Gasteiger partial charge in [0.15, 0.2) is 0 Å². The molecule has 0 saturated carbocycles. The maximum atomic E-state index is 14.4. The summed E-state index contributed by atoms with van der Waals surface area (Å²) in [7, 11) is 0. The van der Waals surface area contributed by atoms with E-state index in [9.17, 15) is 9.28 Å². The first-order valence-corrected chi connectivity index (χ1v) is 7.70. The molecule has 118 valence electrons. The highest BCUT2D eigenvalue weighted by atomic mass is 19.2. The van der Waals surface area contributed by atoms with E-state index in [-0.39, 0.29) is 5.41 Å². The molecular formula is C18H28FNO. The molecule has 0 spiro atoms. The summed E-state index contributed by atoms with van der Waals surface area (Å²) in [5.74, 6) is -0.559. The van der Waals surface area contributed by atoms with E-state index < -0.39 is 11.4 Å². The van der Waals surface area contributed by atoms with E-state index in [4.69, 9.17) is 0 Å². The lowest BCUT2D eigenvalue weighted by molar-refractivity contribution is -0.0432. The Hall–Kier alpha value is -1.38. The topological polar surface area (TPSA) is 20.3 Å². The maximum absolute atomic E-state index is 14.4. The third-order valence-corrected chi connectivity index (χ3v) is 3.85. The van der Waals surface area contributed by atoms with Crippen LogP contribution in [0.2, 0.25) is 0 Å². The Bertz CT molecular complexity index is 471. The molecule has 0 unspecified atom stereocenters. The van der Waals surface area contributed by atoms with Crippen molar-refractivity contribution < 1.29 is 9.28 Å². The van der Waals surface area contributed by atoms with Crippen molar-refractivity contribution in [1.82, 2.24) is 5.12 Å². The summed E-state index contributed by atoms with van der Waals surface area (Å²) >= 11 is 0. The van der Waals surface area contributed by atoms with Gasteiger partial charge < -0.3 is 0 Å². The molecule has 0 aliphatic carbocycles. The van der Waals surface area contributed by atoms with Crippen LogP contribution in [-0.2, 0) is 5.41 Å². The quantitative estimate of drug-likeness (QED) is 0.676. The number of hydrogen-bond donors (Lipinski definition) is 0. The predicted octanol–water partition coefficient (Wildman–Crippen LogP) is 5.28. The first-order valence-electron chi connectivity index (χ1n) is 7.70. The highest BCUT2D eigenvalue weighted by Crippen LogP contribution is 2.26. The summed E-state index contributed by atoms with van der Waals surface area (Å²) in [4.78, 5) is 12.3. The molecule has 2 nitrogen and oxygen atoms in total. The van der Waals surface area contributed by atoms with Gasteiger partial charge in [-0.3, -0.25) is 4.79 Å². The van der Waals surface area contributed by atoms with Gasteiger partial charge in [-0.05, 0) is 43.4 Å². The van der Waals surface area contributed by atoms with Gasteiger partial charge in [-0.2, -0.15) is 5.12 Å². The number of amides is 1. The lowest BCUT2D eigenvalue weighted by Crippen LogP contribution is -2.42. The zero-order valence-electron chi connectivity index (χ0n) is 14.2. The zero-order valence-corrected chi connectivity index (χ0v) is 14.2. The second-order valence-corrected chi connectivity index (χ2v) is 7.33. The van der Waals surface area contributed by atoms with Crippen LogP contribution < -0.4 is 0 Å². The standard InChI is InChI=1S/C18H28FNO/c1-7-8-13-18(5,6)20(19)16(21)14-9-11-15(12-10-14)17(2,3)4/h9-12H,7-8,13H2,1-6H3. The monoisotopic (exact) mass is 293 g/mol. The van der Waals surface area contributed by atoms with E-state index in [1.807, 2.05) is 12.1 Å². The number of nitrogens with zero attached hydrogens (tertiary/aromatic N) is 1. The fourth-order valence-electron chi connectivity index (χ4n) is 2.21. The van der Waals surface area contributed by atoms with Crippen LogP contribution in [0.25, 0.3) is 0 Å². The van der Waals surface area contributed by atoms with Crippen LogP contribution in [0.4, 0.5) is 4.48 Å². The third-order valence-electron chi connectivity index (χ3n) is 3.85. The fraction of sp³-hybridized carbons (Fsp3) is 0.611. The van der Waals surface area contributed by atoms with Crippen LogP contribution >= 0.6 is 0 Å². The van der Waals surface area contributed by atoms with Crippen LogP contribution in [0.5, 0.6) is 0 Å². The van der Waals surface area contributed by atoms with Crippen molar-refractivity contribution in [3.05, 3.63) is 35.4 Å². The van der Waals surface area contributed by atoms with E-state index in [0.717, 1.165) is 18.4 Å². The van der Waals surface area contributed by atoms with Gasteiger partial charge in [0, 0.05) is 5.56 Å². The molecule has 0 heterocycles. The molecule has 0 radical (unpaired) electrons. The summed E-state index contributed by atoms with van der Waals surface area (Å²) < 4.78 is 14.4. The molecule has 0 aromatic heterocycles. The summed E-state index contributed by atoms with van der Waals surface area (Å²) in [5, 5.41) is 0.384. The normalized spacial score (nSPS) is 12.3. The van der Waals surface area contributed by atoms with Crippen molar-refractivity contribution in [2.24, 2.45) is 0 Å². The van der Waals surface area contributed by atoms with E-state index in [1.165, 1.54) is 0 Å². The molecule has 3 heteroatoms. The van der Waals surface area contributed by atoms with Crippen molar-refractivity contribution in [1.29, 1.82) is 0 Å². The molecular weight excluding hydrogens is 265 g/mol. The molecule has 0 saturated heterocycles. The minimum Gasteiger partial charge on any atom is -0.266 e. The minimum absolute atomic E-state index is 0.0252. The minimum atomic E-state index is -0.768. The number of rotatable bonds is 5. The summed E-state index contributed by atoms with van der Waals surface area (Å²) in [5.41, 5.74) is 0.789. The summed E-state index contributed by atoms with van der Waals surface area (Å²) in [6.07, 6.45) is 2.56. The summed E-state index contributed by atoms with van der Waals surface area (Å²) in [6, 6.07) is 7.23. The second-order valence-electron chi connectivity index (χ2n) is 7.33. The molecule has 1 rings (SSSR count). The molecule has 0 N–H and O–H groups in total. The first kappa shape index (κ1) is 17.7. The Kier molecular flexibility index (Phi) is 5.54. The van der Waals surface area contributed by atoms with Gasteiger partial charge in [-0.25, -0.2) is 0 Å². The van der Waals surface area contributed by atoms with Crippen molar-refractivity contribution in [2.75, 3.05) is 0 Å². The SMILES string of the molecule is CCCCC(C)(C)N(F)C(=O)c1ccc(C(C)(C)C)cc1. The molecule has 0 atom stereocenters. The van der Waals surface area contributed by atoms with Gasteiger partial charge in [0.1, 0.15) is 0 Å². The Morgan fingerprint density at radius 3 is 2.05 bits per heavy atom. The molecule has 1 aromatic carbocycles. The average Bonchev–Trinajstić information content (AvgIpc) is 2.42. The van der Waals surface area contributed by atoms with E-state index in [2.05, 4.69) is 27.7 Å². The van der Waals surface area contributed by atoms with Gasteiger partial charge in [0.05, 0.1) is 5.54 Å². The van der Waals surface area contributed by atoms with Gasteiger partial charge in [0.25, 0.3) is 5.91 Å². The van der Waals surface area contributed by atoms with Crippen LogP contribution in [0.1, 0.15) is 76.7 Å². The van der Waals surface area contributed by atoms with Crippen molar-refractivity contribution in [3.63, 3.8) is 0 Å². The average molecular weight is 293 g/mol. The molecule has 0 aliphatic heterocycles. The maximum Gasteiger partial charge on any atom is 0.282 e. The number of unbranched alkanes of at least 4 members (excludes halogenated alkanes) is 1. The van der Waals surface area contributed by atoms with Crippen LogP contribution in [0, 0.1) is 0 Å². The zero-order chi connectivity index (χ0) is 16.3. The molecule has 1 aromatic rings. The number of benzene rings is 1. The van der Waals surface area contributed by atoms with Crippen LogP contribution in [0.3, 0.4) is 0 Å². The Morgan fingerprint density at radius 2 is 1.62 bits per heavy atom.